The number of methoxy groups -OCH3 is 1. The third-order valence-electron chi connectivity index (χ3n) is 4.17. The lowest BCUT2D eigenvalue weighted by Gasteiger charge is -2.06. The average Bonchev–Trinajstić information content (AvgIpc) is 3.01. The number of amides is 1. The molecule has 3 N–H and O–H groups in total. The van der Waals surface area contributed by atoms with E-state index in [4.69, 9.17) is 10.5 Å². The molecule has 0 saturated heterocycles. The van der Waals surface area contributed by atoms with E-state index in [2.05, 4.69) is 10.3 Å². The predicted molar refractivity (Wildman–Crippen MR) is 107 cm³/mol. The molecule has 0 atom stereocenters. The van der Waals surface area contributed by atoms with Crippen LogP contribution in [-0.4, -0.2) is 24.0 Å². The minimum Gasteiger partial charge on any atom is -0.465 e. The van der Waals surface area contributed by atoms with Crippen LogP contribution in [-0.2, 0) is 4.74 Å². The molecular formula is C20H15N3O3S. The van der Waals surface area contributed by atoms with Crippen LogP contribution in [0.5, 0.6) is 0 Å². The Labute approximate surface area is 158 Å². The predicted octanol–water partition coefficient (Wildman–Crippen LogP) is 4.07. The summed E-state index contributed by atoms with van der Waals surface area (Å²) in [5.74, 6) is -0.815. The molecule has 0 fully saturated rings. The number of esters is 1. The van der Waals surface area contributed by atoms with Gasteiger partial charge < -0.3 is 15.8 Å². The van der Waals surface area contributed by atoms with Gasteiger partial charge in [-0.3, -0.25) is 4.79 Å². The maximum Gasteiger partial charge on any atom is 0.337 e. The van der Waals surface area contributed by atoms with E-state index in [1.165, 1.54) is 18.4 Å². The van der Waals surface area contributed by atoms with Crippen LogP contribution in [0.2, 0.25) is 0 Å². The SMILES string of the molecule is COC(=O)c1cccc(NC(=O)c2sc3nc4ccccc4cc3c2N)c1. The van der Waals surface area contributed by atoms with Crippen molar-refractivity contribution in [3.8, 4) is 0 Å². The zero-order chi connectivity index (χ0) is 19.0. The zero-order valence-corrected chi connectivity index (χ0v) is 15.2. The Hall–Kier alpha value is -3.45. The number of ether oxygens (including phenoxy) is 1. The van der Waals surface area contributed by atoms with Crippen LogP contribution >= 0.6 is 11.3 Å². The summed E-state index contributed by atoms with van der Waals surface area (Å²) in [5.41, 5.74) is 8.31. The third kappa shape index (κ3) is 3.09. The van der Waals surface area contributed by atoms with Gasteiger partial charge in [0.1, 0.15) is 9.71 Å². The number of hydrogen-bond donors (Lipinski definition) is 2. The Morgan fingerprint density at radius 3 is 2.74 bits per heavy atom. The standard InChI is InChI=1S/C20H15N3O3S/c1-26-20(25)12-6-4-7-13(9-12)22-18(24)17-16(21)14-10-11-5-2-3-8-15(11)23-19(14)27-17/h2-10H,21H2,1H3,(H,22,24). The minimum atomic E-state index is -0.469. The summed E-state index contributed by atoms with van der Waals surface area (Å²) in [4.78, 5) is 30.1. The summed E-state index contributed by atoms with van der Waals surface area (Å²) in [5, 5.41) is 4.50. The van der Waals surface area contributed by atoms with Crippen molar-refractivity contribution in [2.75, 3.05) is 18.2 Å². The zero-order valence-electron chi connectivity index (χ0n) is 14.4. The number of para-hydroxylation sites is 1. The molecule has 2 aromatic heterocycles. The van der Waals surface area contributed by atoms with Crippen molar-refractivity contribution in [3.05, 3.63) is 65.0 Å². The molecular weight excluding hydrogens is 362 g/mol. The van der Waals surface area contributed by atoms with Gasteiger partial charge in [-0.25, -0.2) is 9.78 Å². The number of hydrogen-bond acceptors (Lipinski definition) is 6. The smallest absolute Gasteiger partial charge is 0.337 e. The summed E-state index contributed by atoms with van der Waals surface area (Å²) in [6.07, 6.45) is 0. The Morgan fingerprint density at radius 2 is 1.93 bits per heavy atom. The van der Waals surface area contributed by atoms with Crippen LogP contribution in [0.3, 0.4) is 0 Å². The molecule has 2 heterocycles. The summed E-state index contributed by atoms with van der Waals surface area (Å²) in [7, 11) is 1.31. The van der Waals surface area contributed by atoms with Crippen LogP contribution in [0.15, 0.2) is 54.6 Å². The quantitative estimate of drug-likeness (QED) is 0.525. The maximum atomic E-state index is 12.7. The van der Waals surface area contributed by atoms with E-state index in [9.17, 15) is 9.59 Å². The van der Waals surface area contributed by atoms with Crippen molar-refractivity contribution in [3.63, 3.8) is 0 Å². The number of nitrogens with zero attached hydrogens (tertiary/aromatic N) is 1. The van der Waals surface area contributed by atoms with E-state index in [-0.39, 0.29) is 5.91 Å². The second-order valence-electron chi connectivity index (χ2n) is 5.91. The molecule has 0 bridgehead atoms. The lowest BCUT2D eigenvalue weighted by Crippen LogP contribution is -2.12. The summed E-state index contributed by atoms with van der Waals surface area (Å²) in [6, 6.07) is 16.2. The van der Waals surface area contributed by atoms with Gasteiger partial charge in [0, 0.05) is 16.5 Å². The molecule has 4 aromatic rings. The van der Waals surface area contributed by atoms with Gasteiger partial charge in [0.05, 0.1) is 23.9 Å². The van der Waals surface area contributed by atoms with Gasteiger partial charge in [-0.1, -0.05) is 24.3 Å². The van der Waals surface area contributed by atoms with Crippen molar-refractivity contribution < 1.29 is 14.3 Å². The lowest BCUT2D eigenvalue weighted by molar-refractivity contribution is 0.0600. The van der Waals surface area contributed by atoms with Crippen LogP contribution in [0, 0.1) is 0 Å². The molecule has 0 radical (unpaired) electrons. The Bertz CT molecular complexity index is 1200. The van der Waals surface area contributed by atoms with Gasteiger partial charge in [0.2, 0.25) is 0 Å². The van der Waals surface area contributed by atoms with Crippen molar-refractivity contribution >= 4 is 55.7 Å². The van der Waals surface area contributed by atoms with Gasteiger partial charge in [-0.15, -0.1) is 11.3 Å². The Balaban J connectivity index is 1.69. The first kappa shape index (κ1) is 17.0. The normalized spacial score (nSPS) is 10.9. The third-order valence-corrected chi connectivity index (χ3v) is 5.28. The highest BCUT2D eigenvalue weighted by atomic mass is 32.1. The van der Waals surface area contributed by atoms with Crippen LogP contribution in [0.25, 0.3) is 21.1 Å². The number of aromatic nitrogens is 1. The van der Waals surface area contributed by atoms with Crippen molar-refractivity contribution in [1.82, 2.24) is 4.98 Å². The van der Waals surface area contributed by atoms with Crippen molar-refractivity contribution in [1.29, 1.82) is 0 Å². The number of pyridine rings is 1. The van der Waals surface area contributed by atoms with Gasteiger partial charge in [0.15, 0.2) is 0 Å². The number of nitrogens with one attached hydrogen (secondary N) is 1. The summed E-state index contributed by atoms with van der Waals surface area (Å²) >= 11 is 1.24. The highest BCUT2D eigenvalue weighted by Gasteiger charge is 2.18. The van der Waals surface area contributed by atoms with Crippen LogP contribution in [0.4, 0.5) is 11.4 Å². The largest absolute Gasteiger partial charge is 0.465 e. The Morgan fingerprint density at radius 1 is 1.11 bits per heavy atom. The number of rotatable bonds is 3. The highest BCUT2D eigenvalue weighted by Crippen LogP contribution is 2.35. The van der Waals surface area contributed by atoms with Crippen molar-refractivity contribution in [2.24, 2.45) is 0 Å². The summed E-state index contributed by atoms with van der Waals surface area (Å²) < 4.78 is 4.70. The molecule has 2 aromatic carbocycles. The molecule has 0 aliphatic carbocycles. The molecule has 0 aliphatic heterocycles. The fraction of sp³-hybridized carbons (Fsp3) is 0.0500. The fourth-order valence-electron chi connectivity index (χ4n) is 2.84. The van der Waals surface area contributed by atoms with E-state index < -0.39 is 5.97 Å². The lowest BCUT2D eigenvalue weighted by atomic mass is 10.1. The molecule has 0 saturated carbocycles. The molecule has 6 nitrogen and oxygen atoms in total. The van der Waals surface area contributed by atoms with Gasteiger partial charge >= 0.3 is 5.97 Å². The first-order valence-corrected chi connectivity index (χ1v) is 8.96. The number of nitrogen functional groups attached to an aromatic ring is 1. The number of benzene rings is 2. The number of fused-ring (bicyclic) bond motifs is 2. The number of thiophene rings is 1. The second kappa shape index (κ2) is 6.69. The molecule has 134 valence electrons. The number of anilines is 2. The van der Waals surface area contributed by atoms with Gasteiger partial charge in [0.25, 0.3) is 5.91 Å². The molecule has 1 amide bonds. The first-order valence-electron chi connectivity index (χ1n) is 8.14. The number of carbonyl (C=O) groups excluding carboxylic acids is 2. The molecule has 27 heavy (non-hydrogen) atoms. The van der Waals surface area contributed by atoms with E-state index in [1.54, 1.807) is 24.3 Å². The number of carbonyl (C=O) groups is 2. The molecule has 0 spiro atoms. The van der Waals surface area contributed by atoms with E-state index in [0.29, 0.717) is 26.6 Å². The molecule has 7 heteroatoms. The highest BCUT2D eigenvalue weighted by molar-refractivity contribution is 7.21. The van der Waals surface area contributed by atoms with Gasteiger partial charge in [-0.05, 0) is 30.3 Å². The molecule has 0 aliphatic rings. The first-order chi connectivity index (χ1) is 13.1. The van der Waals surface area contributed by atoms with Crippen LogP contribution < -0.4 is 11.1 Å². The topological polar surface area (TPSA) is 94.3 Å². The van der Waals surface area contributed by atoms with Gasteiger partial charge in [-0.2, -0.15) is 0 Å². The average molecular weight is 377 g/mol. The van der Waals surface area contributed by atoms with E-state index in [1.807, 2.05) is 30.3 Å². The minimum absolute atomic E-state index is 0.346. The summed E-state index contributed by atoms with van der Waals surface area (Å²) in [6.45, 7) is 0. The van der Waals surface area contributed by atoms with E-state index in [0.717, 1.165) is 16.3 Å². The fourth-order valence-corrected chi connectivity index (χ4v) is 3.82. The maximum absolute atomic E-state index is 12.7. The van der Waals surface area contributed by atoms with Crippen LogP contribution in [0.1, 0.15) is 20.0 Å². The monoisotopic (exact) mass is 377 g/mol. The number of nitrogens with two attached hydrogens (primary N) is 1. The van der Waals surface area contributed by atoms with E-state index >= 15 is 0 Å². The molecule has 4 rings (SSSR count). The second-order valence-corrected chi connectivity index (χ2v) is 6.90. The Kier molecular flexibility index (Phi) is 4.21. The molecule has 0 unspecified atom stereocenters. The van der Waals surface area contributed by atoms with Crippen molar-refractivity contribution in [2.45, 2.75) is 0 Å².